The van der Waals surface area contributed by atoms with Gasteiger partial charge in [-0.3, -0.25) is 0 Å². The van der Waals surface area contributed by atoms with Crippen LogP contribution in [0.2, 0.25) is 0 Å². The Kier molecular flexibility index (Phi) is 16.9. The Bertz CT molecular complexity index is 1410. The summed E-state index contributed by atoms with van der Waals surface area (Å²) in [5, 5.41) is 0. The molecular formula is C38H50O6. The maximum absolute atomic E-state index is 13.4. The highest BCUT2D eigenvalue weighted by molar-refractivity contribution is 5.96. The van der Waals surface area contributed by atoms with E-state index in [0.29, 0.717) is 34.1 Å². The zero-order valence-electron chi connectivity index (χ0n) is 23.3. The maximum atomic E-state index is 13.4. The molecule has 2 unspecified atom stereocenters. The lowest BCUT2D eigenvalue weighted by molar-refractivity contribution is 0.0719. The van der Waals surface area contributed by atoms with E-state index < -0.39 is 11.9 Å². The number of methoxy groups -OCH3 is 2. The van der Waals surface area contributed by atoms with Gasteiger partial charge in [-0.1, -0.05) is 73.9 Å². The van der Waals surface area contributed by atoms with Gasteiger partial charge < -0.3 is 18.9 Å². The SMILES string of the molecule is C.C.C.C.CCC(CC(C)c1cc(C(=O)Oc2ccc(OC)cc2)ccc1C(=O)Oc1ccc(OC)cc1)c1ccccc1. The van der Waals surface area contributed by atoms with E-state index in [1.807, 2.05) is 18.2 Å². The molecule has 4 aromatic rings. The molecule has 0 N–H and O–H groups in total. The van der Waals surface area contributed by atoms with Crippen molar-refractivity contribution in [3.63, 3.8) is 0 Å². The molecule has 0 spiro atoms. The molecule has 0 amide bonds. The van der Waals surface area contributed by atoms with Gasteiger partial charge in [-0.2, -0.15) is 0 Å². The first-order valence-electron chi connectivity index (χ1n) is 13.3. The Labute approximate surface area is 265 Å². The first-order chi connectivity index (χ1) is 19.4. The molecule has 2 atom stereocenters. The number of rotatable bonds is 11. The van der Waals surface area contributed by atoms with Crippen molar-refractivity contribution < 1.29 is 28.5 Å². The van der Waals surface area contributed by atoms with Crippen LogP contribution in [-0.2, 0) is 0 Å². The summed E-state index contributed by atoms with van der Waals surface area (Å²) in [6.45, 7) is 4.23. The Morgan fingerprint density at radius 1 is 0.636 bits per heavy atom. The highest BCUT2D eigenvalue weighted by atomic mass is 16.5. The predicted molar refractivity (Wildman–Crippen MR) is 182 cm³/mol. The lowest BCUT2D eigenvalue weighted by atomic mass is 9.82. The van der Waals surface area contributed by atoms with Crippen molar-refractivity contribution in [1.82, 2.24) is 0 Å². The van der Waals surface area contributed by atoms with E-state index in [-0.39, 0.29) is 41.5 Å². The van der Waals surface area contributed by atoms with Gasteiger partial charge in [0, 0.05) is 0 Å². The van der Waals surface area contributed by atoms with E-state index in [1.54, 1.807) is 80.9 Å². The van der Waals surface area contributed by atoms with Crippen LogP contribution in [-0.4, -0.2) is 26.2 Å². The topological polar surface area (TPSA) is 71.1 Å². The fourth-order valence-electron chi connectivity index (χ4n) is 4.72. The standard InChI is InChI=1S/C34H34O6.4CH4/c1-5-24(25-9-7-6-8-10-25)21-23(2)32-22-26(33(35)39-29-16-12-27(37-3)13-17-29)11-20-31(32)34(36)40-30-18-14-28(38-4)15-19-30;;;;/h6-20,22-24H,5,21H2,1-4H3;4*1H4. The molecule has 44 heavy (non-hydrogen) atoms. The van der Waals surface area contributed by atoms with Crippen LogP contribution in [0.1, 0.15) is 100 Å². The molecule has 0 saturated carbocycles. The monoisotopic (exact) mass is 602 g/mol. The Balaban J connectivity index is 0.00000462. The summed E-state index contributed by atoms with van der Waals surface area (Å²) in [5.41, 5.74) is 2.74. The molecular weight excluding hydrogens is 552 g/mol. The minimum atomic E-state index is -0.510. The smallest absolute Gasteiger partial charge is 0.343 e. The Morgan fingerprint density at radius 2 is 1.11 bits per heavy atom. The van der Waals surface area contributed by atoms with Crippen LogP contribution in [0, 0.1) is 0 Å². The van der Waals surface area contributed by atoms with Gasteiger partial charge in [0.15, 0.2) is 0 Å². The second-order valence-corrected chi connectivity index (χ2v) is 9.58. The Hall–Kier alpha value is -4.58. The molecule has 0 radical (unpaired) electrons. The first kappa shape index (κ1) is 39.4. The summed E-state index contributed by atoms with van der Waals surface area (Å²) < 4.78 is 21.7. The number of benzene rings is 4. The Morgan fingerprint density at radius 3 is 1.59 bits per heavy atom. The third-order valence-corrected chi connectivity index (χ3v) is 6.98. The molecule has 4 aromatic carbocycles. The van der Waals surface area contributed by atoms with Gasteiger partial charge in [-0.05, 0) is 103 Å². The quantitative estimate of drug-likeness (QED) is 0.126. The molecule has 0 heterocycles. The van der Waals surface area contributed by atoms with E-state index in [0.717, 1.165) is 18.4 Å². The number of carbonyl (C=O) groups excluding carboxylic acids is 2. The number of carbonyl (C=O) groups is 2. The van der Waals surface area contributed by atoms with Crippen molar-refractivity contribution in [3.05, 3.63) is 119 Å². The van der Waals surface area contributed by atoms with Gasteiger partial charge in [0.2, 0.25) is 0 Å². The summed E-state index contributed by atoms with van der Waals surface area (Å²) in [6, 6.07) is 29.0. The van der Waals surface area contributed by atoms with Gasteiger partial charge in [0.25, 0.3) is 0 Å². The van der Waals surface area contributed by atoms with Crippen LogP contribution in [0.15, 0.2) is 97.1 Å². The van der Waals surface area contributed by atoms with E-state index >= 15 is 0 Å². The molecule has 6 heteroatoms. The zero-order valence-corrected chi connectivity index (χ0v) is 23.3. The molecule has 6 nitrogen and oxygen atoms in total. The summed E-state index contributed by atoms with van der Waals surface area (Å²) >= 11 is 0. The summed E-state index contributed by atoms with van der Waals surface area (Å²) in [4.78, 5) is 26.5. The lowest BCUT2D eigenvalue weighted by Crippen LogP contribution is -2.16. The summed E-state index contributed by atoms with van der Waals surface area (Å²) in [5.74, 6) is 1.38. The number of hydrogen-bond donors (Lipinski definition) is 0. The fourth-order valence-corrected chi connectivity index (χ4v) is 4.72. The van der Waals surface area contributed by atoms with Crippen molar-refractivity contribution in [3.8, 4) is 23.0 Å². The van der Waals surface area contributed by atoms with Crippen LogP contribution in [0.25, 0.3) is 0 Å². The molecule has 0 fully saturated rings. The fraction of sp³-hybridized carbons (Fsp3) is 0.316. The molecule has 0 bridgehead atoms. The molecule has 0 aliphatic carbocycles. The summed E-state index contributed by atoms with van der Waals surface area (Å²) in [6.07, 6.45) is 1.74. The van der Waals surface area contributed by atoms with Gasteiger partial charge in [0.1, 0.15) is 23.0 Å². The first-order valence-corrected chi connectivity index (χ1v) is 13.3. The lowest BCUT2D eigenvalue weighted by Gasteiger charge is -2.23. The van der Waals surface area contributed by atoms with Crippen molar-refractivity contribution >= 4 is 11.9 Å². The number of esters is 2. The molecule has 0 aromatic heterocycles. The van der Waals surface area contributed by atoms with Crippen molar-refractivity contribution in [2.24, 2.45) is 0 Å². The molecule has 0 saturated heterocycles. The van der Waals surface area contributed by atoms with Crippen LogP contribution < -0.4 is 18.9 Å². The summed E-state index contributed by atoms with van der Waals surface area (Å²) in [7, 11) is 3.15. The predicted octanol–water partition coefficient (Wildman–Crippen LogP) is 10.4. The number of ether oxygens (including phenoxy) is 4. The van der Waals surface area contributed by atoms with Gasteiger partial charge in [-0.25, -0.2) is 9.59 Å². The molecule has 238 valence electrons. The van der Waals surface area contributed by atoms with E-state index in [9.17, 15) is 9.59 Å². The molecule has 0 aliphatic heterocycles. The second kappa shape index (κ2) is 18.9. The van der Waals surface area contributed by atoms with E-state index in [1.165, 1.54) is 5.56 Å². The van der Waals surface area contributed by atoms with Gasteiger partial charge >= 0.3 is 11.9 Å². The minimum absolute atomic E-state index is 0. The average Bonchev–Trinajstić information content (AvgIpc) is 3.00. The van der Waals surface area contributed by atoms with Crippen LogP contribution in [0.5, 0.6) is 23.0 Å². The molecule has 4 rings (SSSR count). The minimum Gasteiger partial charge on any atom is -0.497 e. The third kappa shape index (κ3) is 10.0. The van der Waals surface area contributed by atoms with Gasteiger partial charge in [-0.15, -0.1) is 0 Å². The number of hydrogen-bond acceptors (Lipinski definition) is 6. The van der Waals surface area contributed by atoms with E-state index in [2.05, 4.69) is 26.0 Å². The van der Waals surface area contributed by atoms with E-state index in [4.69, 9.17) is 18.9 Å². The third-order valence-electron chi connectivity index (χ3n) is 6.98. The highest BCUT2D eigenvalue weighted by Crippen LogP contribution is 2.34. The normalized spacial score (nSPS) is 11.1. The largest absolute Gasteiger partial charge is 0.497 e. The van der Waals surface area contributed by atoms with Crippen LogP contribution >= 0.6 is 0 Å². The second-order valence-electron chi connectivity index (χ2n) is 9.58. The highest BCUT2D eigenvalue weighted by Gasteiger charge is 2.24. The zero-order chi connectivity index (χ0) is 28.5. The van der Waals surface area contributed by atoms with Crippen LogP contribution in [0.4, 0.5) is 0 Å². The van der Waals surface area contributed by atoms with Crippen LogP contribution in [0.3, 0.4) is 0 Å². The molecule has 0 aliphatic rings. The van der Waals surface area contributed by atoms with Crippen molar-refractivity contribution in [1.29, 1.82) is 0 Å². The average molecular weight is 603 g/mol. The van der Waals surface area contributed by atoms with Crippen molar-refractivity contribution in [2.75, 3.05) is 14.2 Å². The van der Waals surface area contributed by atoms with Crippen molar-refractivity contribution in [2.45, 2.75) is 68.2 Å². The van der Waals surface area contributed by atoms with Gasteiger partial charge in [0.05, 0.1) is 25.3 Å². The maximum Gasteiger partial charge on any atom is 0.343 e.